The first kappa shape index (κ1) is 20.1. The molecule has 0 heterocycles. The van der Waals surface area contributed by atoms with E-state index >= 15 is 0 Å². The first-order chi connectivity index (χ1) is 13.9. The van der Waals surface area contributed by atoms with Crippen LogP contribution in [0.15, 0.2) is 83.8 Å². The number of hydrogen-bond acceptors (Lipinski definition) is 5. The quantitative estimate of drug-likeness (QED) is 0.582. The van der Waals surface area contributed by atoms with E-state index in [2.05, 4.69) is 0 Å². The Kier molecular flexibility index (Phi) is 5.96. The van der Waals surface area contributed by atoms with Gasteiger partial charge in [0.05, 0.1) is 27.8 Å². The van der Waals surface area contributed by atoms with Crippen molar-refractivity contribution in [2.45, 2.75) is 11.5 Å². The summed E-state index contributed by atoms with van der Waals surface area (Å²) in [4.78, 5) is 12.3. The third-order valence-corrected chi connectivity index (χ3v) is 6.12. The van der Waals surface area contributed by atoms with Gasteiger partial charge in [0.1, 0.15) is 6.61 Å². The van der Waals surface area contributed by atoms with Crippen molar-refractivity contribution in [2.24, 2.45) is 0 Å². The minimum atomic E-state index is -3.74. The van der Waals surface area contributed by atoms with Gasteiger partial charge in [-0.3, -0.25) is 4.31 Å². The number of esters is 1. The Morgan fingerprint density at radius 1 is 0.966 bits per heavy atom. The van der Waals surface area contributed by atoms with E-state index < -0.39 is 16.0 Å². The van der Waals surface area contributed by atoms with Crippen LogP contribution in [0.4, 0.5) is 5.69 Å². The fraction of sp³-hybridized carbons (Fsp3) is 0.0909. The zero-order valence-corrected chi connectivity index (χ0v) is 16.5. The monoisotopic (exact) mass is 406 g/mol. The summed E-state index contributed by atoms with van der Waals surface area (Å²) in [6, 6.07) is 23.1. The second kappa shape index (κ2) is 8.59. The van der Waals surface area contributed by atoms with Gasteiger partial charge in [0, 0.05) is 7.05 Å². The summed E-state index contributed by atoms with van der Waals surface area (Å²) in [5.41, 5.74) is 2.07. The molecule has 0 spiro atoms. The molecular formula is C22H18N2O4S. The number of carbonyl (C=O) groups excluding carboxylic acids is 1. The topological polar surface area (TPSA) is 87.5 Å². The van der Waals surface area contributed by atoms with E-state index in [-0.39, 0.29) is 17.1 Å². The zero-order valence-electron chi connectivity index (χ0n) is 15.6. The van der Waals surface area contributed by atoms with E-state index in [1.807, 2.05) is 12.1 Å². The summed E-state index contributed by atoms with van der Waals surface area (Å²) in [6.07, 6.45) is 0. The maximum atomic E-state index is 12.8. The largest absolute Gasteiger partial charge is 0.457 e. The highest BCUT2D eigenvalue weighted by Gasteiger charge is 2.21. The summed E-state index contributed by atoms with van der Waals surface area (Å²) in [6.45, 7) is 0.0569. The number of sulfonamides is 1. The number of anilines is 1. The number of nitriles is 1. The van der Waals surface area contributed by atoms with Crippen LogP contribution in [0.25, 0.3) is 0 Å². The molecule has 6 nitrogen and oxygen atoms in total. The Balaban J connectivity index is 1.68. The summed E-state index contributed by atoms with van der Waals surface area (Å²) in [7, 11) is -2.26. The third-order valence-electron chi connectivity index (χ3n) is 4.32. The lowest BCUT2D eigenvalue weighted by atomic mass is 10.1. The van der Waals surface area contributed by atoms with E-state index in [1.54, 1.807) is 48.5 Å². The molecule has 0 radical (unpaired) electrons. The molecule has 0 amide bonds. The van der Waals surface area contributed by atoms with Crippen molar-refractivity contribution in [3.63, 3.8) is 0 Å². The summed E-state index contributed by atoms with van der Waals surface area (Å²) in [5, 5.41) is 8.79. The summed E-state index contributed by atoms with van der Waals surface area (Å²) < 4.78 is 32.0. The van der Waals surface area contributed by atoms with E-state index in [1.165, 1.54) is 35.6 Å². The number of para-hydroxylation sites is 1. The number of ether oxygens (including phenoxy) is 1. The normalized spacial score (nSPS) is 10.8. The lowest BCUT2D eigenvalue weighted by Crippen LogP contribution is -2.26. The Morgan fingerprint density at radius 2 is 1.59 bits per heavy atom. The molecule has 3 rings (SSSR count). The second-order valence-corrected chi connectivity index (χ2v) is 8.19. The van der Waals surface area contributed by atoms with Gasteiger partial charge in [0.25, 0.3) is 10.0 Å². The molecule has 0 aliphatic rings. The molecule has 7 heteroatoms. The van der Waals surface area contributed by atoms with Gasteiger partial charge in [0.15, 0.2) is 0 Å². The molecule has 146 valence electrons. The van der Waals surface area contributed by atoms with Crippen molar-refractivity contribution in [1.29, 1.82) is 5.26 Å². The van der Waals surface area contributed by atoms with Gasteiger partial charge >= 0.3 is 5.97 Å². The molecule has 3 aromatic carbocycles. The van der Waals surface area contributed by atoms with Crippen LogP contribution in [-0.2, 0) is 21.4 Å². The van der Waals surface area contributed by atoms with Crippen molar-refractivity contribution in [2.75, 3.05) is 11.4 Å². The van der Waals surface area contributed by atoms with Crippen molar-refractivity contribution in [3.05, 3.63) is 95.6 Å². The fourth-order valence-electron chi connectivity index (χ4n) is 2.61. The molecule has 29 heavy (non-hydrogen) atoms. The molecule has 0 atom stereocenters. The minimum Gasteiger partial charge on any atom is -0.457 e. The first-order valence-electron chi connectivity index (χ1n) is 8.72. The predicted octanol–water partition coefficient (Wildman–Crippen LogP) is 3.74. The van der Waals surface area contributed by atoms with Gasteiger partial charge in [-0.15, -0.1) is 0 Å². The predicted molar refractivity (Wildman–Crippen MR) is 109 cm³/mol. The number of nitrogens with zero attached hydrogens (tertiary/aromatic N) is 2. The smallest absolute Gasteiger partial charge is 0.338 e. The molecule has 0 unspecified atom stereocenters. The molecule has 0 saturated heterocycles. The number of hydrogen-bond donors (Lipinski definition) is 0. The Bertz CT molecular complexity index is 1130. The highest BCUT2D eigenvalue weighted by molar-refractivity contribution is 7.92. The molecule has 0 fully saturated rings. The van der Waals surface area contributed by atoms with Crippen LogP contribution >= 0.6 is 0 Å². The maximum Gasteiger partial charge on any atom is 0.338 e. The number of benzene rings is 3. The van der Waals surface area contributed by atoms with Gasteiger partial charge in [-0.25, -0.2) is 13.2 Å². The lowest BCUT2D eigenvalue weighted by Gasteiger charge is -2.19. The number of carbonyl (C=O) groups is 1. The second-order valence-electron chi connectivity index (χ2n) is 6.22. The molecule has 0 aromatic heterocycles. The molecule has 0 aliphatic carbocycles. The van der Waals surface area contributed by atoms with Crippen LogP contribution in [0.5, 0.6) is 0 Å². The van der Waals surface area contributed by atoms with Crippen molar-refractivity contribution in [3.8, 4) is 6.07 Å². The van der Waals surface area contributed by atoms with Crippen LogP contribution in [0.1, 0.15) is 21.5 Å². The standard InChI is InChI=1S/C22H18N2O4S/c1-24(20-5-3-2-4-6-20)29(26,27)21-13-11-19(12-14-21)22(25)28-16-18-9-7-17(15-23)8-10-18/h2-14H,16H2,1H3. The van der Waals surface area contributed by atoms with E-state index in [9.17, 15) is 13.2 Å². The van der Waals surface area contributed by atoms with E-state index in [0.717, 1.165) is 5.56 Å². The SMILES string of the molecule is CN(c1ccccc1)S(=O)(=O)c1ccc(C(=O)OCc2ccc(C#N)cc2)cc1. The zero-order chi connectivity index (χ0) is 20.9. The van der Waals surface area contributed by atoms with Crippen LogP contribution in [0.3, 0.4) is 0 Å². The van der Waals surface area contributed by atoms with E-state index in [4.69, 9.17) is 10.00 Å². The first-order valence-corrected chi connectivity index (χ1v) is 10.2. The van der Waals surface area contributed by atoms with E-state index in [0.29, 0.717) is 11.3 Å². The maximum absolute atomic E-state index is 12.8. The Labute approximate surface area is 169 Å². The van der Waals surface area contributed by atoms with Gasteiger partial charge in [-0.2, -0.15) is 5.26 Å². The molecule has 0 saturated carbocycles. The summed E-state index contributed by atoms with van der Waals surface area (Å²) >= 11 is 0. The highest BCUT2D eigenvalue weighted by atomic mass is 32.2. The molecular weight excluding hydrogens is 388 g/mol. The fourth-order valence-corrected chi connectivity index (χ4v) is 3.80. The van der Waals surface area contributed by atoms with Crippen molar-refractivity contribution < 1.29 is 17.9 Å². The van der Waals surface area contributed by atoms with Crippen LogP contribution in [0, 0.1) is 11.3 Å². The molecule has 0 N–H and O–H groups in total. The number of rotatable bonds is 6. The van der Waals surface area contributed by atoms with Crippen LogP contribution < -0.4 is 4.31 Å². The van der Waals surface area contributed by atoms with Crippen molar-refractivity contribution >= 4 is 21.7 Å². The van der Waals surface area contributed by atoms with Gasteiger partial charge in [-0.1, -0.05) is 30.3 Å². The third kappa shape index (κ3) is 4.62. The summed E-state index contributed by atoms with van der Waals surface area (Å²) in [5.74, 6) is -0.560. The van der Waals surface area contributed by atoms with Crippen LogP contribution in [-0.4, -0.2) is 21.4 Å². The van der Waals surface area contributed by atoms with Crippen LogP contribution in [0.2, 0.25) is 0 Å². The average Bonchev–Trinajstić information content (AvgIpc) is 2.78. The highest BCUT2D eigenvalue weighted by Crippen LogP contribution is 2.22. The average molecular weight is 406 g/mol. The Hall–Kier alpha value is -3.63. The van der Waals surface area contributed by atoms with Gasteiger partial charge < -0.3 is 4.74 Å². The van der Waals surface area contributed by atoms with Crippen molar-refractivity contribution in [1.82, 2.24) is 0 Å². The van der Waals surface area contributed by atoms with Gasteiger partial charge in [-0.05, 0) is 54.1 Å². The lowest BCUT2D eigenvalue weighted by molar-refractivity contribution is 0.0472. The molecule has 3 aromatic rings. The molecule has 0 bridgehead atoms. The minimum absolute atomic E-state index is 0.0569. The Morgan fingerprint density at radius 3 is 2.17 bits per heavy atom. The molecule has 0 aliphatic heterocycles. The van der Waals surface area contributed by atoms with Gasteiger partial charge in [0.2, 0.25) is 0 Å².